The normalized spacial score (nSPS) is 12.5. The molecule has 3 nitrogen and oxygen atoms in total. The summed E-state index contributed by atoms with van der Waals surface area (Å²) in [6.45, 7) is 4.49. The van der Waals surface area contributed by atoms with E-state index in [4.69, 9.17) is 0 Å². The van der Waals surface area contributed by atoms with E-state index in [9.17, 15) is 13.6 Å². The molecule has 24 heavy (non-hydrogen) atoms. The summed E-state index contributed by atoms with van der Waals surface area (Å²) in [5.74, 6) is -2.23. The van der Waals surface area contributed by atoms with Gasteiger partial charge in [-0.3, -0.25) is 4.79 Å². The van der Waals surface area contributed by atoms with Gasteiger partial charge in [-0.25, -0.2) is 13.8 Å². The highest BCUT2D eigenvalue weighted by atomic mass is 32.2. The number of fused-ring (bicyclic) bond motifs is 1. The summed E-state index contributed by atoms with van der Waals surface area (Å²) in [4.78, 5) is 17.1. The van der Waals surface area contributed by atoms with Crippen molar-refractivity contribution < 1.29 is 13.6 Å². The van der Waals surface area contributed by atoms with Crippen LogP contribution in [0.3, 0.4) is 0 Å². The van der Waals surface area contributed by atoms with E-state index in [-0.39, 0.29) is 11.3 Å². The van der Waals surface area contributed by atoms with Gasteiger partial charge < -0.3 is 4.57 Å². The first kappa shape index (κ1) is 16.6. The summed E-state index contributed by atoms with van der Waals surface area (Å²) >= 11 is 1.32. The highest BCUT2D eigenvalue weighted by molar-refractivity contribution is 8.00. The predicted molar refractivity (Wildman–Crippen MR) is 91.4 cm³/mol. The summed E-state index contributed by atoms with van der Waals surface area (Å²) < 4.78 is 28.4. The Labute approximate surface area is 142 Å². The van der Waals surface area contributed by atoms with Crippen LogP contribution >= 0.6 is 11.8 Å². The smallest absolute Gasteiger partial charge is 0.176 e. The largest absolute Gasteiger partial charge is 0.319 e. The fourth-order valence-corrected chi connectivity index (χ4v) is 3.61. The number of benzene rings is 2. The number of aromatic nitrogens is 2. The van der Waals surface area contributed by atoms with Crippen molar-refractivity contribution in [1.82, 2.24) is 9.55 Å². The van der Waals surface area contributed by atoms with E-state index in [2.05, 4.69) is 4.98 Å². The molecule has 2 aromatic carbocycles. The van der Waals surface area contributed by atoms with Gasteiger partial charge in [0, 0.05) is 12.1 Å². The minimum Gasteiger partial charge on any atom is -0.319 e. The van der Waals surface area contributed by atoms with Crippen molar-refractivity contribution in [2.75, 3.05) is 0 Å². The fourth-order valence-electron chi connectivity index (χ4n) is 2.54. The first-order valence-corrected chi connectivity index (χ1v) is 8.50. The van der Waals surface area contributed by atoms with Gasteiger partial charge in [0.05, 0.1) is 16.3 Å². The van der Waals surface area contributed by atoms with Gasteiger partial charge in [-0.2, -0.15) is 0 Å². The number of carbonyl (C=O) groups is 1. The van der Waals surface area contributed by atoms with E-state index < -0.39 is 16.9 Å². The number of Topliss-reactive ketones (excluding diaryl/α,β-unsaturated/α-hetero) is 1. The number of rotatable bonds is 5. The zero-order chi connectivity index (χ0) is 17.3. The Morgan fingerprint density at radius 3 is 2.67 bits per heavy atom. The maximum Gasteiger partial charge on any atom is 0.176 e. The first-order chi connectivity index (χ1) is 11.5. The quantitative estimate of drug-likeness (QED) is 0.496. The van der Waals surface area contributed by atoms with E-state index in [1.165, 1.54) is 17.8 Å². The molecular weight excluding hydrogens is 330 g/mol. The third kappa shape index (κ3) is 3.06. The maximum absolute atomic E-state index is 13.3. The Balaban J connectivity index is 1.87. The number of hydrogen-bond acceptors (Lipinski definition) is 3. The Bertz CT molecular complexity index is 907. The minimum atomic E-state index is -1.01. The number of thioether (sulfide) groups is 1. The SMILES string of the molecule is CCn1c(S[C@@H](C)C(=O)c2ccc(F)c(F)c2)nc2ccccc21. The maximum atomic E-state index is 13.3. The van der Waals surface area contributed by atoms with Crippen LogP contribution in [-0.4, -0.2) is 20.6 Å². The molecule has 0 spiro atoms. The van der Waals surface area contributed by atoms with Crippen molar-refractivity contribution >= 4 is 28.6 Å². The number of para-hydroxylation sites is 2. The Morgan fingerprint density at radius 2 is 1.96 bits per heavy atom. The second kappa shape index (κ2) is 6.73. The topological polar surface area (TPSA) is 34.9 Å². The van der Waals surface area contributed by atoms with Gasteiger partial charge >= 0.3 is 0 Å². The van der Waals surface area contributed by atoms with Crippen molar-refractivity contribution in [2.24, 2.45) is 0 Å². The second-order valence-electron chi connectivity index (χ2n) is 5.38. The Kier molecular flexibility index (Phi) is 4.66. The lowest BCUT2D eigenvalue weighted by Crippen LogP contribution is -2.15. The molecule has 6 heteroatoms. The van der Waals surface area contributed by atoms with Crippen LogP contribution in [0.1, 0.15) is 24.2 Å². The van der Waals surface area contributed by atoms with E-state index in [0.29, 0.717) is 0 Å². The number of nitrogens with zero attached hydrogens (tertiary/aromatic N) is 2. The standard InChI is InChI=1S/C18H16F2N2OS/c1-3-22-16-7-5-4-6-15(16)21-18(22)24-11(2)17(23)12-8-9-13(19)14(20)10-12/h4-11H,3H2,1-2H3/t11-/m0/s1. The van der Waals surface area contributed by atoms with Gasteiger partial charge in [0.2, 0.25) is 0 Å². The zero-order valence-electron chi connectivity index (χ0n) is 13.3. The molecular formula is C18H16F2N2OS. The first-order valence-electron chi connectivity index (χ1n) is 7.62. The van der Waals surface area contributed by atoms with E-state index in [1.807, 2.05) is 35.8 Å². The highest BCUT2D eigenvalue weighted by Gasteiger charge is 2.21. The molecule has 0 aliphatic heterocycles. The van der Waals surface area contributed by atoms with Crippen molar-refractivity contribution in [3.05, 3.63) is 59.7 Å². The van der Waals surface area contributed by atoms with Gasteiger partial charge in [0.15, 0.2) is 22.6 Å². The lowest BCUT2D eigenvalue weighted by atomic mass is 10.1. The third-order valence-corrected chi connectivity index (χ3v) is 4.88. The van der Waals surface area contributed by atoms with Crippen molar-refractivity contribution in [2.45, 2.75) is 30.8 Å². The molecule has 3 rings (SSSR count). The number of hydrogen-bond donors (Lipinski definition) is 0. The molecule has 0 saturated heterocycles. The van der Waals surface area contributed by atoms with Crippen molar-refractivity contribution in [1.29, 1.82) is 0 Å². The molecule has 0 radical (unpaired) electrons. The van der Waals surface area contributed by atoms with Gasteiger partial charge in [0.1, 0.15) is 0 Å². The molecule has 0 aliphatic rings. The van der Waals surface area contributed by atoms with Gasteiger partial charge in [-0.05, 0) is 44.2 Å². The molecule has 3 aromatic rings. The number of halogens is 2. The molecule has 0 saturated carbocycles. The lowest BCUT2D eigenvalue weighted by Gasteiger charge is -2.11. The molecule has 1 atom stereocenters. The summed E-state index contributed by atoms with van der Waals surface area (Å²) in [6.07, 6.45) is 0. The molecule has 0 aliphatic carbocycles. The monoisotopic (exact) mass is 346 g/mol. The third-order valence-electron chi connectivity index (χ3n) is 3.79. The lowest BCUT2D eigenvalue weighted by molar-refractivity contribution is 0.0993. The average molecular weight is 346 g/mol. The number of carbonyl (C=O) groups excluding carboxylic acids is 1. The molecule has 0 bridgehead atoms. The molecule has 1 aromatic heterocycles. The molecule has 1 heterocycles. The summed E-state index contributed by atoms with van der Waals surface area (Å²) in [6, 6.07) is 11.0. The Morgan fingerprint density at radius 1 is 1.21 bits per heavy atom. The summed E-state index contributed by atoms with van der Waals surface area (Å²) in [7, 11) is 0. The number of aryl methyl sites for hydroxylation is 1. The van der Waals surface area contributed by atoms with Crippen LogP contribution in [0.15, 0.2) is 47.6 Å². The molecule has 0 unspecified atom stereocenters. The predicted octanol–water partition coefficient (Wildman–Crippen LogP) is 4.70. The average Bonchev–Trinajstić information content (AvgIpc) is 2.93. The van der Waals surface area contributed by atoms with Crippen LogP contribution in [0.2, 0.25) is 0 Å². The van der Waals surface area contributed by atoms with Crippen molar-refractivity contribution in [3.8, 4) is 0 Å². The van der Waals surface area contributed by atoms with Crippen LogP contribution in [0.5, 0.6) is 0 Å². The van der Waals surface area contributed by atoms with Crippen LogP contribution in [0, 0.1) is 11.6 Å². The number of ketones is 1. The van der Waals surface area contributed by atoms with E-state index in [0.717, 1.165) is 34.9 Å². The summed E-state index contributed by atoms with van der Waals surface area (Å²) in [5.41, 5.74) is 2.04. The van der Waals surface area contributed by atoms with Crippen LogP contribution < -0.4 is 0 Å². The van der Waals surface area contributed by atoms with Crippen molar-refractivity contribution in [3.63, 3.8) is 0 Å². The van der Waals surface area contributed by atoms with E-state index in [1.54, 1.807) is 6.92 Å². The zero-order valence-corrected chi connectivity index (χ0v) is 14.1. The van der Waals surface area contributed by atoms with Gasteiger partial charge in [-0.1, -0.05) is 23.9 Å². The van der Waals surface area contributed by atoms with Gasteiger partial charge in [-0.15, -0.1) is 0 Å². The van der Waals surface area contributed by atoms with Gasteiger partial charge in [0.25, 0.3) is 0 Å². The number of imidazole rings is 1. The fraction of sp³-hybridized carbons (Fsp3) is 0.222. The summed E-state index contributed by atoms with van der Waals surface area (Å²) in [5, 5.41) is 0.277. The Hall–Kier alpha value is -2.21. The molecule has 0 fully saturated rings. The highest BCUT2D eigenvalue weighted by Crippen LogP contribution is 2.29. The van der Waals surface area contributed by atoms with Crippen LogP contribution in [-0.2, 0) is 6.54 Å². The molecule has 0 amide bonds. The van der Waals surface area contributed by atoms with Crippen LogP contribution in [0.25, 0.3) is 11.0 Å². The minimum absolute atomic E-state index is 0.160. The molecule has 124 valence electrons. The van der Waals surface area contributed by atoms with Crippen LogP contribution in [0.4, 0.5) is 8.78 Å². The van der Waals surface area contributed by atoms with E-state index >= 15 is 0 Å². The second-order valence-corrected chi connectivity index (χ2v) is 6.69. The molecule has 0 N–H and O–H groups in total.